The Morgan fingerprint density at radius 1 is 1.45 bits per heavy atom. The lowest BCUT2D eigenvalue weighted by Gasteiger charge is -2.32. The molecule has 2 heterocycles. The number of ether oxygens (including phenoxy) is 2. The molecule has 1 aliphatic rings. The van der Waals surface area contributed by atoms with Gasteiger partial charge in [-0.1, -0.05) is 53.3 Å². The van der Waals surface area contributed by atoms with Crippen molar-refractivity contribution < 1.29 is 14.3 Å². The molecule has 5 nitrogen and oxygen atoms in total. The molecule has 22 heavy (non-hydrogen) atoms. The quantitative estimate of drug-likeness (QED) is 0.805. The predicted molar refractivity (Wildman–Crippen MR) is 85.8 cm³/mol. The maximum atomic E-state index is 11.6. The molecule has 1 saturated heterocycles. The maximum Gasteiger partial charge on any atom is 0.351 e. The lowest BCUT2D eigenvalue weighted by atomic mass is 10.1. The standard InChI is InChI=1S/C15H15ClN2O3S/c1-20-14(19)12-13(16)17-15(22-12)18-7-8-21-11(9-18)10-5-3-2-4-6-10/h2-6,11H,7-9H2,1H3. The zero-order valence-corrected chi connectivity index (χ0v) is 13.6. The Kier molecular flexibility index (Phi) is 4.61. The number of esters is 1. The Morgan fingerprint density at radius 3 is 2.95 bits per heavy atom. The molecule has 2 aromatic rings. The number of morpholine rings is 1. The summed E-state index contributed by atoms with van der Waals surface area (Å²) >= 11 is 7.28. The summed E-state index contributed by atoms with van der Waals surface area (Å²) < 4.78 is 10.5. The first-order valence-electron chi connectivity index (χ1n) is 6.85. The van der Waals surface area contributed by atoms with Gasteiger partial charge in [-0.3, -0.25) is 0 Å². The van der Waals surface area contributed by atoms with Crippen LogP contribution in [0.4, 0.5) is 5.13 Å². The van der Waals surface area contributed by atoms with E-state index in [0.717, 1.165) is 10.7 Å². The summed E-state index contributed by atoms with van der Waals surface area (Å²) in [4.78, 5) is 18.3. The number of rotatable bonds is 3. The minimum Gasteiger partial charge on any atom is -0.465 e. The van der Waals surface area contributed by atoms with E-state index in [9.17, 15) is 4.79 Å². The maximum absolute atomic E-state index is 11.6. The van der Waals surface area contributed by atoms with Gasteiger partial charge in [0.05, 0.1) is 20.3 Å². The van der Waals surface area contributed by atoms with Crippen LogP contribution in [0, 0.1) is 0 Å². The van der Waals surface area contributed by atoms with Crippen molar-refractivity contribution >= 4 is 34.0 Å². The van der Waals surface area contributed by atoms with Gasteiger partial charge in [-0.15, -0.1) is 0 Å². The zero-order valence-electron chi connectivity index (χ0n) is 12.0. The van der Waals surface area contributed by atoms with Gasteiger partial charge >= 0.3 is 5.97 Å². The Morgan fingerprint density at radius 2 is 2.23 bits per heavy atom. The molecule has 0 amide bonds. The molecule has 0 radical (unpaired) electrons. The molecule has 0 spiro atoms. The summed E-state index contributed by atoms with van der Waals surface area (Å²) in [7, 11) is 1.33. The third-order valence-electron chi connectivity index (χ3n) is 3.45. The van der Waals surface area contributed by atoms with Crippen molar-refractivity contribution in [2.75, 3.05) is 31.7 Å². The Bertz CT molecular complexity index is 662. The van der Waals surface area contributed by atoms with Crippen molar-refractivity contribution in [3.63, 3.8) is 0 Å². The molecule has 1 fully saturated rings. The molecule has 0 saturated carbocycles. The summed E-state index contributed by atoms with van der Waals surface area (Å²) in [6, 6.07) is 10.1. The third kappa shape index (κ3) is 3.09. The number of halogens is 1. The van der Waals surface area contributed by atoms with Crippen LogP contribution >= 0.6 is 22.9 Å². The van der Waals surface area contributed by atoms with E-state index < -0.39 is 5.97 Å². The van der Waals surface area contributed by atoms with Crippen molar-refractivity contribution in [2.24, 2.45) is 0 Å². The Labute approximate surface area is 137 Å². The SMILES string of the molecule is COC(=O)c1sc(N2CCOC(c3ccccc3)C2)nc1Cl. The van der Waals surface area contributed by atoms with Crippen LogP contribution in [0.25, 0.3) is 0 Å². The molecule has 0 bridgehead atoms. The van der Waals surface area contributed by atoms with Crippen molar-refractivity contribution in [1.29, 1.82) is 0 Å². The third-order valence-corrected chi connectivity index (χ3v) is 4.94. The highest BCUT2D eigenvalue weighted by Gasteiger charge is 2.26. The van der Waals surface area contributed by atoms with Gasteiger partial charge in [0, 0.05) is 6.54 Å². The Hall–Kier alpha value is -1.63. The number of methoxy groups -OCH3 is 1. The second-order valence-corrected chi connectivity index (χ2v) is 6.16. The average molecular weight is 339 g/mol. The summed E-state index contributed by atoms with van der Waals surface area (Å²) in [5.74, 6) is -0.457. The van der Waals surface area contributed by atoms with E-state index >= 15 is 0 Å². The van der Waals surface area contributed by atoms with Crippen LogP contribution in [-0.2, 0) is 9.47 Å². The van der Waals surface area contributed by atoms with E-state index in [-0.39, 0.29) is 11.3 Å². The van der Waals surface area contributed by atoms with Gasteiger partial charge in [-0.25, -0.2) is 9.78 Å². The molecule has 7 heteroatoms. The molecule has 116 valence electrons. The number of aromatic nitrogens is 1. The number of carbonyl (C=O) groups excluding carboxylic acids is 1. The van der Waals surface area contributed by atoms with E-state index in [1.54, 1.807) is 0 Å². The highest BCUT2D eigenvalue weighted by molar-refractivity contribution is 7.18. The van der Waals surface area contributed by atoms with E-state index in [4.69, 9.17) is 21.1 Å². The molecule has 1 unspecified atom stereocenters. The molecule has 0 N–H and O–H groups in total. The minimum atomic E-state index is -0.457. The first-order valence-corrected chi connectivity index (χ1v) is 8.04. The van der Waals surface area contributed by atoms with Crippen molar-refractivity contribution in [3.8, 4) is 0 Å². The van der Waals surface area contributed by atoms with Gasteiger partial charge in [-0.2, -0.15) is 0 Å². The number of anilines is 1. The number of hydrogen-bond acceptors (Lipinski definition) is 6. The molecule has 1 atom stereocenters. The smallest absolute Gasteiger partial charge is 0.351 e. The fourth-order valence-electron chi connectivity index (χ4n) is 2.34. The highest BCUT2D eigenvalue weighted by atomic mass is 35.5. The highest BCUT2D eigenvalue weighted by Crippen LogP contribution is 2.33. The lowest BCUT2D eigenvalue weighted by Crippen LogP contribution is -2.38. The van der Waals surface area contributed by atoms with Crippen molar-refractivity contribution in [2.45, 2.75) is 6.10 Å². The van der Waals surface area contributed by atoms with Crippen LogP contribution in [0.3, 0.4) is 0 Å². The van der Waals surface area contributed by atoms with Crippen LogP contribution < -0.4 is 4.90 Å². The second kappa shape index (κ2) is 6.64. The summed E-state index contributed by atoms with van der Waals surface area (Å²) in [6.07, 6.45) is -0.0146. The molecule has 3 rings (SSSR count). The number of carbonyl (C=O) groups is 1. The number of benzene rings is 1. The Balaban J connectivity index is 1.79. The first kappa shape index (κ1) is 15.3. The van der Waals surface area contributed by atoms with Crippen molar-refractivity contribution in [3.05, 3.63) is 45.9 Å². The molecular formula is C15H15ClN2O3S. The number of hydrogen-bond donors (Lipinski definition) is 0. The molecular weight excluding hydrogens is 324 g/mol. The van der Waals surface area contributed by atoms with Gasteiger partial charge in [0.15, 0.2) is 15.2 Å². The summed E-state index contributed by atoms with van der Waals surface area (Å²) in [5.41, 5.74) is 1.13. The van der Waals surface area contributed by atoms with Gasteiger partial charge in [0.2, 0.25) is 0 Å². The van der Waals surface area contributed by atoms with Crippen LogP contribution in [0.15, 0.2) is 30.3 Å². The van der Waals surface area contributed by atoms with Crippen LogP contribution in [0.1, 0.15) is 21.3 Å². The average Bonchev–Trinajstić information content (AvgIpc) is 2.97. The first-order chi connectivity index (χ1) is 10.7. The topological polar surface area (TPSA) is 51.7 Å². The number of nitrogens with zero attached hydrogens (tertiary/aromatic N) is 2. The van der Waals surface area contributed by atoms with Gasteiger partial charge in [-0.05, 0) is 5.56 Å². The van der Waals surface area contributed by atoms with Crippen LogP contribution in [0.2, 0.25) is 5.15 Å². The van der Waals surface area contributed by atoms with Gasteiger partial charge < -0.3 is 14.4 Å². The molecule has 0 aliphatic carbocycles. The van der Waals surface area contributed by atoms with E-state index in [1.165, 1.54) is 18.4 Å². The monoisotopic (exact) mass is 338 g/mol. The van der Waals surface area contributed by atoms with Crippen LogP contribution in [-0.4, -0.2) is 37.8 Å². The minimum absolute atomic E-state index is 0.0146. The van der Waals surface area contributed by atoms with E-state index in [0.29, 0.717) is 24.6 Å². The summed E-state index contributed by atoms with van der Waals surface area (Å²) in [6.45, 7) is 1.99. The fraction of sp³-hybridized carbons (Fsp3) is 0.333. The van der Waals surface area contributed by atoms with Gasteiger partial charge in [0.25, 0.3) is 0 Å². The fourth-order valence-corrected chi connectivity index (χ4v) is 3.57. The lowest BCUT2D eigenvalue weighted by molar-refractivity contribution is 0.0398. The predicted octanol–water partition coefficient (Wildman–Crippen LogP) is 3.16. The van der Waals surface area contributed by atoms with Gasteiger partial charge in [0.1, 0.15) is 6.10 Å². The zero-order chi connectivity index (χ0) is 15.5. The number of thiazole rings is 1. The second-order valence-electron chi connectivity index (χ2n) is 4.82. The molecule has 1 aromatic heterocycles. The molecule has 1 aromatic carbocycles. The molecule has 1 aliphatic heterocycles. The largest absolute Gasteiger partial charge is 0.465 e. The van der Waals surface area contributed by atoms with Crippen molar-refractivity contribution in [1.82, 2.24) is 4.98 Å². The normalized spacial score (nSPS) is 18.3. The summed E-state index contributed by atoms with van der Waals surface area (Å²) in [5, 5.41) is 0.907. The van der Waals surface area contributed by atoms with Crippen LogP contribution in [0.5, 0.6) is 0 Å². The van der Waals surface area contributed by atoms with E-state index in [1.807, 2.05) is 30.3 Å². The van der Waals surface area contributed by atoms with E-state index in [2.05, 4.69) is 9.88 Å².